The molecule has 0 saturated heterocycles. The van der Waals surface area contributed by atoms with Crippen LogP contribution < -0.4 is 0 Å². The topological polar surface area (TPSA) is 3.24 Å². The first-order chi connectivity index (χ1) is 6.07. The van der Waals surface area contributed by atoms with Gasteiger partial charge >= 0.3 is 0 Å². The molecule has 0 spiro atoms. The predicted molar refractivity (Wildman–Crippen MR) is 60.5 cm³/mol. The Balaban J connectivity index is 3.95. The first-order valence-corrected chi connectivity index (χ1v) is 4.42. The fourth-order valence-electron chi connectivity index (χ4n) is 0.794. The molecule has 0 amide bonds. The van der Waals surface area contributed by atoms with Crippen LogP contribution in [-0.4, -0.2) is 18.5 Å². The van der Waals surface area contributed by atoms with Gasteiger partial charge in [0, 0.05) is 19.3 Å². The molecule has 0 bridgehead atoms. The highest BCUT2D eigenvalue weighted by molar-refractivity contribution is 5.21. The summed E-state index contributed by atoms with van der Waals surface area (Å²) in [5, 5.41) is 0. The lowest BCUT2D eigenvalue weighted by atomic mass is 10.2. The summed E-state index contributed by atoms with van der Waals surface area (Å²) in [6.07, 6.45) is 6.83. The molecule has 0 aliphatic heterocycles. The van der Waals surface area contributed by atoms with E-state index in [0.717, 1.165) is 24.2 Å². The van der Waals surface area contributed by atoms with Crippen LogP contribution in [0.1, 0.15) is 13.3 Å². The van der Waals surface area contributed by atoms with Crippen LogP contribution in [0.3, 0.4) is 0 Å². The molecule has 0 saturated carbocycles. The summed E-state index contributed by atoms with van der Waals surface area (Å²) in [6.45, 7) is 14.3. The predicted octanol–water partition coefficient (Wildman–Crippen LogP) is 3.14. The maximum absolute atomic E-state index is 3.94. The number of hydrogen-bond donors (Lipinski definition) is 0. The Morgan fingerprint density at radius 1 is 1.31 bits per heavy atom. The molecule has 0 aromatic heterocycles. The zero-order valence-corrected chi connectivity index (χ0v) is 8.71. The van der Waals surface area contributed by atoms with Crippen LogP contribution >= 0.6 is 0 Å². The van der Waals surface area contributed by atoms with E-state index in [1.807, 2.05) is 32.2 Å². The van der Waals surface area contributed by atoms with E-state index >= 15 is 0 Å². The average Bonchev–Trinajstić information content (AvgIpc) is 2.10. The van der Waals surface area contributed by atoms with Gasteiger partial charge in [-0.2, -0.15) is 0 Å². The zero-order valence-electron chi connectivity index (χ0n) is 8.71. The third kappa shape index (κ3) is 5.97. The quantitative estimate of drug-likeness (QED) is 0.445. The van der Waals surface area contributed by atoms with Gasteiger partial charge in [0.15, 0.2) is 0 Å². The minimum absolute atomic E-state index is 0.961. The second kappa shape index (κ2) is 6.30. The summed E-state index contributed by atoms with van der Waals surface area (Å²) in [7, 11) is 2.02. The molecule has 0 heterocycles. The van der Waals surface area contributed by atoms with Gasteiger partial charge in [-0.05, 0) is 19.4 Å². The number of hydrogen-bond acceptors (Lipinski definition) is 1. The minimum atomic E-state index is 0.961. The van der Waals surface area contributed by atoms with Crippen LogP contribution in [0.15, 0.2) is 49.2 Å². The van der Waals surface area contributed by atoms with Crippen molar-refractivity contribution in [1.29, 1.82) is 0 Å². The number of nitrogens with zero attached hydrogens (tertiary/aromatic N) is 1. The van der Waals surface area contributed by atoms with Gasteiger partial charge in [-0.3, -0.25) is 0 Å². The van der Waals surface area contributed by atoms with E-state index in [1.54, 1.807) is 0 Å². The normalized spacial score (nSPS) is 10.0. The molecule has 0 aliphatic rings. The molecule has 0 aliphatic carbocycles. The molecule has 1 nitrogen and oxygen atoms in total. The van der Waals surface area contributed by atoms with Crippen molar-refractivity contribution in [1.82, 2.24) is 4.90 Å². The van der Waals surface area contributed by atoms with Crippen molar-refractivity contribution in [2.75, 3.05) is 13.6 Å². The summed E-state index contributed by atoms with van der Waals surface area (Å²) < 4.78 is 0. The van der Waals surface area contributed by atoms with Gasteiger partial charge in [0.25, 0.3) is 0 Å². The van der Waals surface area contributed by atoms with E-state index in [0.29, 0.717) is 0 Å². The largest absolute Gasteiger partial charge is 0.375 e. The number of rotatable bonds is 6. The fourth-order valence-corrected chi connectivity index (χ4v) is 0.794. The van der Waals surface area contributed by atoms with E-state index in [1.165, 1.54) is 0 Å². The Morgan fingerprint density at radius 3 is 2.38 bits per heavy atom. The van der Waals surface area contributed by atoms with Gasteiger partial charge < -0.3 is 4.90 Å². The molecular formula is C12H19N. The van der Waals surface area contributed by atoms with Crippen molar-refractivity contribution in [3.8, 4) is 0 Å². The highest BCUT2D eigenvalue weighted by Gasteiger charge is 1.95. The minimum Gasteiger partial charge on any atom is -0.375 e. The molecule has 0 fully saturated rings. The second-order valence-electron chi connectivity index (χ2n) is 3.17. The van der Waals surface area contributed by atoms with Crippen LogP contribution in [0.2, 0.25) is 0 Å². The molecule has 0 radical (unpaired) electrons. The van der Waals surface area contributed by atoms with Gasteiger partial charge in [0.1, 0.15) is 0 Å². The highest BCUT2D eigenvalue weighted by atomic mass is 15.1. The molecule has 0 N–H and O–H groups in total. The van der Waals surface area contributed by atoms with Crippen LogP contribution in [0.4, 0.5) is 0 Å². The Morgan fingerprint density at radius 2 is 1.92 bits per heavy atom. The molecule has 0 rings (SSSR count). The first-order valence-electron chi connectivity index (χ1n) is 4.42. The van der Waals surface area contributed by atoms with Gasteiger partial charge in [0.2, 0.25) is 0 Å². The molecule has 72 valence electrons. The Kier molecular flexibility index (Phi) is 5.69. The highest BCUT2D eigenvalue weighted by Crippen LogP contribution is 2.03. The molecule has 0 aromatic rings. The molecule has 0 atom stereocenters. The van der Waals surface area contributed by atoms with Gasteiger partial charge in [-0.15, -0.1) is 6.58 Å². The monoisotopic (exact) mass is 177 g/mol. The third-order valence-corrected chi connectivity index (χ3v) is 1.72. The average molecular weight is 177 g/mol. The Hall–Kier alpha value is -1.24. The summed E-state index contributed by atoms with van der Waals surface area (Å²) in [5.41, 5.74) is 2.04. The molecule has 13 heavy (non-hydrogen) atoms. The van der Waals surface area contributed by atoms with E-state index in [2.05, 4.69) is 24.6 Å². The van der Waals surface area contributed by atoms with Crippen LogP contribution in [-0.2, 0) is 0 Å². The lowest BCUT2D eigenvalue weighted by Gasteiger charge is -2.18. The van der Waals surface area contributed by atoms with Gasteiger partial charge in [0.05, 0.1) is 0 Å². The zero-order chi connectivity index (χ0) is 10.3. The van der Waals surface area contributed by atoms with Crippen LogP contribution in [0, 0.1) is 0 Å². The Labute approximate surface area is 81.8 Å². The number of likely N-dealkylation sites (N-methyl/N-ethyl adjacent to an activating group) is 1. The first kappa shape index (κ1) is 11.8. The van der Waals surface area contributed by atoms with Crippen LogP contribution in [0.5, 0.6) is 0 Å². The SMILES string of the molecule is C=CCCN(C)C(=C)/C=C\C(=C)C. The standard InChI is InChI=1S/C12H19N/c1-6-7-10-13(5)12(4)9-8-11(2)3/h6,8-9H,1-2,4,7,10H2,3,5H3/b9-8-. The van der Waals surface area contributed by atoms with Gasteiger partial charge in [-0.25, -0.2) is 0 Å². The van der Waals surface area contributed by atoms with Crippen molar-refractivity contribution in [2.24, 2.45) is 0 Å². The van der Waals surface area contributed by atoms with Gasteiger partial charge in [-0.1, -0.05) is 30.9 Å². The lowest BCUT2D eigenvalue weighted by molar-refractivity contribution is 0.440. The maximum atomic E-state index is 3.94. The van der Waals surface area contributed by atoms with E-state index in [4.69, 9.17) is 0 Å². The van der Waals surface area contributed by atoms with E-state index in [-0.39, 0.29) is 0 Å². The van der Waals surface area contributed by atoms with Crippen LogP contribution in [0.25, 0.3) is 0 Å². The van der Waals surface area contributed by atoms with Crippen molar-refractivity contribution >= 4 is 0 Å². The van der Waals surface area contributed by atoms with Crippen molar-refractivity contribution < 1.29 is 0 Å². The summed E-state index contributed by atoms with van der Waals surface area (Å²) in [4.78, 5) is 2.10. The second-order valence-corrected chi connectivity index (χ2v) is 3.17. The van der Waals surface area contributed by atoms with E-state index in [9.17, 15) is 0 Å². The third-order valence-electron chi connectivity index (χ3n) is 1.72. The number of allylic oxidation sites excluding steroid dienone is 3. The molecular weight excluding hydrogens is 158 g/mol. The molecule has 0 unspecified atom stereocenters. The van der Waals surface area contributed by atoms with Crippen molar-refractivity contribution in [2.45, 2.75) is 13.3 Å². The van der Waals surface area contributed by atoms with Crippen molar-refractivity contribution in [3.63, 3.8) is 0 Å². The lowest BCUT2D eigenvalue weighted by Crippen LogP contribution is -2.16. The summed E-state index contributed by atoms with van der Waals surface area (Å²) in [6, 6.07) is 0. The van der Waals surface area contributed by atoms with Crippen molar-refractivity contribution in [3.05, 3.63) is 49.2 Å². The molecule has 1 heteroatoms. The smallest absolute Gasteiger partial charge is 0.0290 e. The Bertz CT molecular complexity index is 223. The molecule has 0 aromatic carbocycles. The summed E-state index contributed by atoms with van der Waals surface area (Å²) in [5.74, 6) is 0. The van der Waals surface area contributed by atoms with E-state index < -0.39 is 0 Å². The summed E-state index contributed by atoms with van der Waals surface area (Å²) >= 11 is 0. The maximum Gasteiger partial charge on any atom is 0.0290 e. The fraction of sp³-hybridized carbons (Fsp3) is 0.333.